The Labute approximate surface area is 201 Å². The fourth-order valence-corrected chi connectivity index (χ4v) is 7.97. The highest BCUT2D eigenvalue weighted by Gasteiger charge is 2.72. The first kappa shape index (κ1) is 22.1. The summed E-state index contributed by atoms with van der Waals surface area (Å²) in [5, 5.41) is 6.29. The fraction of sp³-hybridized carbons (Fsp3) is 0.667. The summed E-state index contributed by atoms with van der Waals surface area (Å²) < 4.78 is 6.98. The normalized spacial score (nSPS) is 33.5. The molecule has 6 unspecified atom stereocenters. The van der Waals surface area contributed by atoms with E-state index < -0.39 is 0 Å². The van der Waals surface area contributed by atoms with E-state index in [1.54, 1.807) is 7.11 Å². The van der Waals surface area contributed by atoms with Crippen LogP contribution in [0.3, 0.4) is 0 Å². The zero-order valence-corrected chi connectivity index (χ0v) is 20.3. The van der Waals surface area contributed by atoms with Gasteiger partial charge in [0, 0.05) is 19.9 Å². The van der Waals surface area contributed by atoms with Crippen molar-refractivity contribution in [1.29, 1.82) is 0 Å². The largest absolute Gasteiger partial charge is 0.383 e. The lowest BCUT2D eigenvalue weighted by Gasteiger charge is -2.36. The quantitative estimate of drug-likeness (QED) is 0.596. The minimum atomic E-state index is -0.0855. The maximum absolute atomic E-state index is 13.3. The summed E-state index contributed by atoms with van der Waals surface area (Å²) in [6, 6.07) is 5.58. The molecule has 2 aromatic rings. The standard InChI is InChI=1S/C27H36N4O3/c1-3-19(15-34-2)30-24(32)9-20-14-31-22(5-4-6-23(31)29-20)25(33)28-16-26-10-17-7-8-27(21(17)13-26)12-18(27)11-26/h4-6,14,17-19,21H,3,7-13,15-16H2,1-2H3,(H,28,33)(H,30,32). The third-order valence-corrected chi connectivity index (χ3v) is 9.56. The molecule has 0 aromatic carbocycles. The highest BCUT2D eigenvalue weighted by atomic mass is 16.5. The van der Waals surface area contributed by atoms with E-state index in [0.717, 1.165) is 30.7 Å². The van der Waals surface area contributed by atoms with Gasteiger partial charge in [-0.25, -0.2) is 4.98 Å². The predicted molar refractivity (Wildman–Crippen MR) is 128 cm³/mol. The van der Waals surface area contributed by atoms with Gasteiger partial charge in [0.1, 0.15) is 11.3 Å². The lowest BCUT2D eigenvalue weighted by molar-refractivity contribution is -0.121. The molecule has 6 rings (SSSR count). The highest BCUT2D eigenvalue weighted by molar-refractivity contribution is 5.93. The number of nitrogens with one attached hydrogen (secondary N) is 2. The Kier molecular flexibility index (Phi) is 5.24. The number of aromatic nitrogens is 2. The molecule has 2 aromatic heterocycles. The van der Waals surface area contributed by atoms with Crippen LogP contribution in [0.2, 0.25) is 0 Å². The van der Waals surface area contributed by atoms with Crippen LogP contribution < -0.4 is 10.6 Å². The van der Waals surface area contributed by atoms with Crippen LogP contribution in [0.5, 0.6) is 0 Å². The molecule has 0 saturated heterocycles. The minimum Gasteiger partial charge on any atom is -0.383 e. The fourth-order valence-electron chi connectivity index (χ4n) is 7.97. The minimum absolute atomic E-state index is 0.00838. The molecular formula is C27H36N4O3. The number of ether oxygens (including phenoxy) is 1. The molecule has 0 aliphatic heterocycles. The number of carbonyl (C=O) groups is 2. The van der Waals surface area contributed by atoms with Gasteiger partial charge < -0.3 is 15.4 Å². The van der Waals surface area contributed by atoms with Crippen molar-refractivity contribution in [3.63, 3.8) is 0 Å². The monoisotopic (exact) mass is 464 g/mol. The number of imidazole rings is 1. The molecule has 2 heterocycles. The van der Waals surface area contributed by atoms with Crippen LogP contribution in [-0.4, -0.2) is 47.5 Å². The number of hydrogen-bond donors (Lipinski definition) is 2. The number of carbonyl (C=O) groups excluding carboxylic acids is 2. The maximum Gasteiger partial charge on any atom is 0.268 e. The zero-order chi connectivity index (χ0) is 23.5. The van der Waals surface area contributed by atoms with Crippen LogP contribution in [0.15, 0.2) is 24.4 Å². The van der Waals surface area contributed by atoms with Gasteiger partial charge in [-0.2, -0.15) is 0 Å². The Hall–Kier alpha value is -2.41. The van der Waals surface area contributed by atoms with Crippen molar-refractivity contribution in [3.8, 4) is 0 Å². The molecule has 7 nitrogen and oxygen atoms in total. The van der Waals surface area contributed by atoms with Crippen molar-refractivity contribution in [3.05, 3.63) is 35.8 Å². The SMILES string of the molecule is CCC(COC)NC(=O)Cc1cn2c(C(=O)NCC34CC5CCC6(CC6C3)C5C4)cccc2n1. The smallest absolute Gasteiger partial charge is 0.268 e. The Morgan fingerprint density at radius 1 is 1.26 bits per heavy atom. The summed E-state index contributed by atoms with van der Waals surface area (Å²) in [7, 11) is 1.63. The van der Waals surface area contributed by atoms with Gasteiger partial charge >= 0.3 is 0 Å². The second-order valence-corrected chi connectivity index (χ2v) is 11.5. The third kappa shape index (κ3) is 3.55. The van der Waals surface area contributed by atoms with E-state index in [4.69, 9.17) is 4.74 Å². The summed E-state index contributed by atoms with van der Waals surface area (Å²) in [4.78, 5) is 30.3. The Balaban J connectivity index is 1.13. The van der Waals surface area contributed by atoms with Gasteiger partial charge in [0.25, 0.3) is 5.91 Å². The highest BCUT2D eigenvalue weighted by Crippen LogP contribution is 2.79. The Morgan fingerprint density at radius 3 is 2.97 bits per heavy atom. The average molecular weight is 465 g/mol. The molecule has 4 aliphatic carbocycles. The summed E-state index contributed by atoms with van der Waals surface area (Å²) in [6.45, 7) is 3.29. The van der Waals surface area contributed by atoms with E-state index >= 15 is 0 Å². The number of methoxy groups -OCH3 is 1. The number of pyridine rings is 1. The van der Waals surface area contributed by atoms with E-state index in [1.165, 1.54) is 38.5 Å². The summed E-state index contributed by atoms with van der Waals surface area (Å²) in [5.74, 6) is 2.59. The van der Waals surface area contributed by atoms with Crippen LogP contribution in [0.1, 0.15) is 68.1 Å². The van der Waals surface area contributed by atoms with Crippen molar-refractivity contribution < 1.29 is 14.3 Å². The molecular weight excluding hydrogens is 428 g/mol. The van der Waals surface area contributed by atoms with E-state index in [0.29, 0.717) is 34.5 Å². The van der Waals surface area contributed by atoms with Crippen molar-refractivity contribution in [2.45, 2.75) is 64.3 Å². The molecule has 4 aliphatic rings. The molecule has 2 bridgehead atoms. The van der Waals surface area contributed by atoms with Crippen molar-refractivity contribution in [2.75, 3.05) is 20.3 Å². The van der Waals surface area contributed by atoms with Crippen molar-refractivity contribution in [1.82, 2.24) is 20.0 Å². The van der Waals surface area contributed by atoms with Crippen LogP contribution >= 0.6 is 0 Å². The molecule has 4 saturated carbocycles. The first-order chi connectivity index (χ1) is 16.4. The van der Waals surface area contributed by atoms with Crippen LogP contribution in [-0.2, 0) is 16.0 Å². The Morgan fingerprint density at radius 2 is 2.15 bits per heavy atom. The van der Waals surface area contributed by atoms with Crippen LogP contribution in [0.4, 0.5) is 0 Å². The third-order valence-electron chi connectivity index (χ3n) is 9.56. The topological polar surface area (TPSA) is 84.7 Å². The van der Waals surface area contributed by atoms with Crippen molar-refractivity contribution in [2.24, 2.45) is 28.6 Å². The molecule has 7 heteroatoms. The number of amides is 2. The second kappa shape index (κ2) is 8.08. The Bertz CT molecular complexity index is 1120. The summed E-state index contributed by atoms with van der Waals surface area (Å²) in [6.07, 6.45) is 11.0. The van der Waals surface area contributed by atoms with Crippen LogP contribution in [0.25, 0.3) is 5.65 Å². The van der Waals surface area contributed by atoms with Gasteiger partial charge in [0.2, 0.25) is 5.91 Å². The first-order valence-electron chi connectivity index (χ1n) is 13.0. The zero-order valence-electron chi connectivity index (χ0n) is 20.3. The molecule has 34 heavy (non-hydrogen) atoms. The lowest BCUT2D eigenvalue weighted by atomic mass is 9.71. The molecule has 2 amide bonds. The molecule has 2 N–H and O–H groups in total. The molecule has 6 atom stereocenters. The predicted octanol–water partition coefficient (Wildman–Crippen LogP) is 3.36. The van der Waals surface area contributed by atoms with Gasteiger partial charge in [-0.05, 0) is 85.7 Å². The molecule has 182 valence electrons. The molecule has 0 radical (unpaired) electrons. The number of rotatable bonds is 9. The molecule has 4 fully saturated rings. The van der Waals surface area contributed by atoms with Crippen LogP contribution in [0, 0.1) is 28.6 Å². The van der Waals surface area contributed by atoms with Gasteiger partial charge in [-0.1, -0.05) is 13.0 Å². The number of fused-ring (bicyclic) bond motifs is 2. The number of hydrogen-bond acceptors (Lipinski definition) is 4. The lowest BCUT2D eigenvalue weighted by Crippen LogP contribution is -2.39. The average Bonchev–Trinajstić information content (AvgIpc) is 3.07. The number of nitrogens with zero attached hydrogens (tertiary/aromatic N) is 2. The van der Waals surface area contributed by atoms with Gasteiger partial charge in [-0.15, -0.1) is 0 Å². The van der Waals surface area contributed by atoms with E-state index in [1.807, 2.05) is 35.7 Å². The van der Waals surface area contributed by atoms with Gasteiger partial charge in [0.15, 0.2) is 0 Å². The van der Waals surface area contributed by atoms with E-state index in [2.05, 4.69) is 15.6 Å². The summed E-state index contributed by atoms with van der Waals surface area (Å²) >= 11 is 0. The van der Waals surface area contributed by atoms with Gasteiger partial charge in [-0.3, -0.25) is 14.0 Å². The van der Waals surface area contributed by atoms with Crippen molar-refractivity contribution >= 4 is 17.5 Å². The van der Waals surface area contributed by atoms with E-state index in [-0.39, 0.29) is 24.3 Å². The molecule has 1 spiro atoms. The van der Waals surface area contributed by atoms with E-state index in [9.17, 15) is 9.59 Å². The maximum atomic E-state index is 13.3. The summed E-state index contributed by atoms with van der Waals surface area (Å²) in [5.41, 5.74) is 2.94. The first-order valence-corrected chi connectivity index (χ1v) is 13.0. The second-order valence-electron chi connectivity index (χ2n) is 11.5. The van der Waals surface area contributed by atoms with Gasteiger partial charge in [0.05, 0.1) is 24.8 Å².